The van der Waals surface area contributed by atoms with Crippen LogP contribution < -0.4 is 0 Å². The van der Waals surface area contributed by atoms with Gasteiger partial charge >= 0.3 is 0 Å². The SMILES string of the molecule is COC1CCC(C2(C)CCC([C@H](C)I)CC2C)C(CO)C1. The maximum Gasteiger partial charge on any atom is 0.0575 e. The third-order valence-corrected chi connectivity index (χ3v) is 7.85. The van der Waals surface area contributed by atoms with Gasteiger partial charge in [0.2, 0.25) is 0 Å². The summed E-state index contributed by atoms with van der Waals surface area (Å²) in [5.74, 6) is 2.77. The zero-order chi connectivity index (χ0) is 15.6. The molecule has 2 saturated carbocycles. The predicted octanol–water partition coefficient (Wildman–Crippen LogP) is 4.68. The zero-order valence-corrected chi connectivity index (χ0v) is 16.3. The van der Waals surface area contributed by atoms with Crippen LogP contribution in [0.15, 0.2) is 0 Å². The van der Waals surface area contributed by atoms with Gasteiger partial charge in [-0.05, 0) is 67.6 Å². The van der Waals surface area contributed by atoms with Gasteiger partial charge in [-0.3, -0.25) is 0 Å². The van der Waals surface area contributed by atoms with Crippen LogP contribution in [0.2, 0.25) is 0 Å². The van der Waals surface area contributed by atoms with Crippen LogP contribution in [0.25, 0.3) is 0 Å². The molecule has 0 aromatic heterocycles. The molecule has 0 aromatic carbocycles. The number of hydrogen-bond acceptors (Lipinski definition) is 2. The summed E-state index contributed by atoms with van der Waals surface area (Å²) in [7, 11) is 1.82. The van der Waals surface area contributed by atoms with Crippen LogP contribution in [-0.2, 0) is 4.74 Å². The molecule has 2 aliphatic carbocycles. The normalized spacial score (nSPS) is 46.3. The van der Waals surface area contributed by atoms with Crippen molar-refractivity contribution in [2.24, 2.45) is 29.1 Å². The first-order chi connectivity index (χ1) is 9.92. The smallest absolute Gasteiger partial charge is 0.0575 e. The molecular formula is C18H33IO2. The second-order valence-electron chi connectivity index (χ2n) is 7.84. The molecule has 2 fully saturated rings. The first kappa shape index (κ1) is 18.0. The van der Waals surface area contributed by atoms with Gasteiger partial charge in [-0.1, -0.05) is 43.4 Å². The number of alkyl halides is 1. The van der Waals surface area contributed by atoms with Crippen LogP contribution in [0.3, 0.4) is 0 Å². The van der Waals surface area contributed by atoms with Crippen molar-refractivity contribution >= 4 is 22.6 Å². The van der Waals surface area contributed by atoms with Crippen molar-refractivity contribution < 1.29 is 9.84 Å². The third-order valence-electron chi connectivity index (χ3n) is 6.83. The molecular weight excluding hydrogens is 375 g/mol. The molecule has 21 heavy (non-hydrogen) atoms. The highest BCUT2D eigenvalue weighted by Crippen LogP contribution is 2.55. The van der Waals surface area contributed by atoms with Gasteiger partial charge in [0, 0.05) is 17.6 Å². The van der Waals surface area contributed by atoms with Gasteiger partial charge in [-0.25, -0.2) is 0 Å². The largest absolute Gasteiger partial charge is 0.396 e. The predicted molar refractivity (Wildman–Crippen MR) is 96.8 cm³/mol. The molecule has 2 aliphatic rings. The Kier molecular flexibility index (Phi) is 6.41. The molecule has 3 heteroatoms. The van der Waals surface area contributed by atoms with Crippen LogP contribution >= 0.6 is 22.6 Å². The Labute approximate surface area is 144 Å². The molecule has 0 amide bonds. The Hall–Kier alpha value is 0.650. The van der Waals surface area contributed by atoms with Gasteiger partial charge in [0.25, 0.3) is 0 Å². The molecule has 124 valence electrons. The Morgan fingerprint density at radius 2 is 2.00 bits per heavy atom. The lowest BCUT2D eigenvalue weighted by molar-refractivity contribution is -0.0669. The van der Waals surface area contributed by atoms with Gasteiger partial charge in [-0.15, -0.1) is 0 Å². The van der Waals surface area contributed by atoms with Crippen molar-refractivity contribution in [2.45, 2.75) is 69.3 Å². The fourth-order valence-corrected chi connectivity index (χ4v) is 5.71. The van der Waals surface area contributed by atoms with E-state index in [1.807, 2.05) is 7.11 Å². The highest BCUT2D eigenvalue weighted by atomic mass is 127. The molecule has 0 aliphatic heterocycles. The first-order valence-corrected chi connectivity index (χ1v) is 9.94. The van der Waals surface area contributed by atoms with Crippen LogP contribution in [0.4, 0.5) is 0 Å². The Morgan fingerprint density at radius 1 is 1.29 bits per heavy atom. The fraction of sp³-hybridized carbons (Fsp3) is 1.00. The van der Waals surface area contributed by atoms with E-state index < -0.39 is 0 Å². The third kappa shape index (κ3) is 3.77. The molecule has 0 aromatic rings. The van der Waals surface area contributed by atoms with E-state index in [1.54, 1.807) is 0 Å². The quantitative estimate of drug-likeness (QED) is 0.541. The minimum Gasteiger partial charge on any atom is -0.396 e. The number of hydrogen-bond donors (Lipinski definition) is 1. The Morgan fingerprint density at radius 3 is 2.52 bits per heavy atom. The lowest BCUT2D eigenvalue weighted by Crippen LogP contribution is -2.46. The molecule has 2 nitrogen and oxygen atoms in total. The number of aliphatic hydroxyl groups excluding tert-OH is 1. The van der Waals surface area contributed by atoms with Crippen LogP contribution in [-0.4, -0.2) is 28.9 Å². The summed E-state index contributed by atoms with van der Waals surface area (Å²) < 4.78 is 6.34. The second-order valence-corrected chi connectivity index (χ2v) is 9.80. The summed E-state index contributed by atoms with van der Waals surface area (Å²) in [6.07, 6.45) is 7.89. The minimum absolute atomic E-state index is 0.332. The van der Waals surface area contributed by atoms with Crippen molar-refractivity contribution in [2.75, 3.05) is 13.7 Å². The van der Waals surface area contributed by atoms with Crippen molar-refractivity contribution in [1.29, 1.82) is 0 Å². The number of rotatable bonds is 4. The average molecular weight is 408 g/mol. The number of aliphatic hydroxyl groups is 1. The maximum absolute atomic E-state index is 9.89. The lowest BCUT2D eigenvalue weighted by atomic mass is 9.53. The van der Waals surface area contributed by atoms with E-state index in [2.05, 4.69) is 43.4 Å². The van der Waals surface area contributed by atoms with E-state index in [-0.39, 0.29) is 0 Å². The number of ether oxygens (including phenoxy) is 1. The summed E-state index contributed by atoms with van der Waals surface area (Å²) in [6, 6.07) is 0. The van der Waals surface area contributed by atoms with E-state index in [0.717, 1.165) is 22.2 Å². The standard InChI is InChI=1S/C18H33IO2/c1-12-9-14(13(2)19)7-8-18(12,3)17-6-5-16(21-4)10-15(17)11-20/h12-17,20H,5-11H2,1-4H3/t12?,13-,14?,15?,16?,17?,18?/m0/s1. The molecule has 0 saturated heterocycles. The summed E-state index contributed by atoms with van der Waals surface area (Å²) in [6.45, 7) is 7.66. The average Bonchev–Trinajstić information content (AvgIpc) is 2.49. The molecule has 0 heterocycles. The summed E-state index contributed by atoms with van der Waals surface area (Å²) in [5.41, 5.74) is 0.411. The van der Waals surface area contributed by atoms with Gasteiger partial charge in [-0.2, -0.15) is 0 Å². The molecule has 0 radical (unpaired) electrons. The topological polar surface area (TPSA) is 29.5 Å². The zero-order valence-electron chi connectivity index (χ0n) is 14.1. The highest BCUT2D eigenvalue weighted by Gasteiger charge is 2.47. The van der Waals surface area contributed by atoms with E-state index in [0.29, 0.717) is 30.0 Å². The second kappa shape index (κ2) is 7.48. The number of methoxy groups -OCH3 is 1. The first-order valence-electron chi connectivity index (χ1n) is 8.70. The molecule has 0 bridgehead atoms. The van der Waals surface area contributed by atoms with Gasteiger partial charge < -0.3 is 9.84 Å². The van der Waals surface area contributed by atoms with Crippen LogP contribution in [0, 0.1) is 29.1 Å². The van der Waals surface area contributed by atoms with E-state index >= 15 is 0 Å². The van der Waals surface area contributed by atoms with Crippen LogP contribution in [0.1, 0.15) is 59.3 Å². The minimum atomic E-state index is 0.332. The Bertz CT molecular complexity index is 333. The van der Waals surface area contributed by atoms with Gasteiger partial charge in [0.05, 0.1) is 6.10 Å². The van der Waals surface area contributed by atoms with Gasteiger partial charge in [0.15, 0.2) is 0 Å². The number of halogens is 1. The van der Waals surface area contributed by atoms with Crippen LogP contribution in [0.5, 0.6) is 0 Å². The monoisotopic (exact) mass is 408 g/mol. The highest BCUT2D eigenvalue weighted by molar-refractivity contribution is 14.1. The Balaban J connectivity index is 2.08. The van der Waals surface area contributed by atoms with E-state index in [4.69, 9.17) is 4.74 Å². The lowest BCUT2D eigenvalue weighted by Gasteiger charge is -2.53. The van der Waals surface area contributed by atoms with E-state index in [9.17, 15) is 5.11 Å². The summed E-state index contributed by atoms with van der Waals surface area (Å²) in [5, 5.41) is 9.89. The fourth-order valence-electron chi connectivity index (χ4n) is 5.06. The van der Waals surface area contributed by atoms with Crippen molar-refractivity contribution in [3.05, 3.63) is 0 Å². The summed E-state index contributed by atoms with van der Waals surface area (Å²) >= 11 is 2.60. The molecule has 2 rings (SSSR count). The van der Waals surface area contributed by atoms with Crippen molar-refractivity contribution in [3.63, 3.8) is 0 Å². The molecule has 7 atom stereocenters. The maximum atomic E-state index is 9.89. The molecule has 1 N–H and O–H groups in total. The molecule has 0 spiro atoms. The van der Waals surface area contributed by atoms with Gasteiger partial charge in [0.1, 0.15) is 0 Å². The molecule has 6 unspecified atom stereocenters. The van der Waals surface area contributed by atoms with E-state index in [1.165, 1.54) is 32.1 Å². The van der Waals surface area contributed by atoms with Crippen molar-refractivity contribution in [1.82, 2.24) is 0 Å². The summed E-state index contributed by atoms with van der Waals surface area (Å²) in [4.78, 5) is 0. The van der Waals surface area contributed by atoms with Crippen molar-refractivity contribution in [3.8, 4) is 0 Å².